The molecule has 0 bridgehead atoms. The number of nitrogens with zero attached hydrogens (tertiary/aromatic N) is 4. The van der Waals surface area contributed by atoms with Crippen molar-refractivity contribution < 1.29 is 22.8 Å². The summed E-state index contributed by atoms with van der Waals surface area (Å²) in [5.41, 5.74) is 7.73. The summed E-state index contributed by atoms with van der Waals surface area (Å²) in [6.45, 7) is 17.7. The largest absolute Gasteiger partial charge is 0.414 e. The maximum absolute atomic E-state index is 11.5. The summed E-state index contributed by atoms with van der Waals surface area (Å²) in [5.74, 6) is 0.283. The zero-order valence-electron chi connectivity index (χ0n) is 21.4. The van der Waals surface area contributed by atoms with Crippen LogP contribution in [0.4, 0.5) is 5.82 Å². The van der Waals surface area contributed by atoms with Gasteiger partial charge in [-0.25, -0.2) is 15.0 Å². The molecule has 2 aliphatic rings. The van der Waals surface area contributed by atoms with E-state index in [-0.39, 0.29) is 28.0 Å². The summed E-state index contributed by atoms with van der Waals surface area (Å²) in [6, 6.07) is 0. The lowest BCUT2D eigenvalue weighted by Crippen LogP contribution is -2.65. The van der Waals surface area contributed by atoms with Gasteiger partial charge in [0.15, 0.2) is 17.7 Å². The van der Waals surface area contributed by atoms with E-state index in [0.717, 1.165) is 0 Å². The molecule has 2 saturated heterocycles. The van der Waals surface area contributed by atoms with E-state index in [1.165, 1.54) is 6.33 Å². The lowest BCUT2D eigenvalue weighted by atomic mass is 10.1. The van der Waals surface area contributed by atoms with Crippen molar-refractivity contribution in [3.05, 3.63) is 12.7 Å². The van der Waals surface area contributed by atoms with Gasteiger partial charge in [-0.3, -0.25) is 4.57 Å². The number of rotatable bonds is 5. The third-order valence-electron chi connectivity index (χ3n) is 7.30. The lowest BCUT2D eigenvalue weighted by molar-refractivity contribution is -0.0570. The van der Waals surface area contributed by atoms with Crippen LogP contribution in [0.3, 0.4) is 0 Å². The number of nitrogens with two attached hydrogens (primary N) is 1. The summed E-state index contributed by atoms with van der Waals surface area (Å²) < 4.78 is 29.0. The Kier molecular flexibility index (Phi) is 6.97. The molecule has 2 aromatic heterocycles. The predicted octanol–water partition coefficient (Wildman–Crippen LogP) is 3.62. The number of nitrogen functional groups attached to an aromatic ring is 1. The van der Waals surface area contributed by atoms with Crippen LogP contribution >= 0.6 is 0 Å². The Hall–Kier alpha value is -1.42. The van der Waals surface area contributed by atoms with Crippen molar-refractivity contribution in [1.82, 2.24) is 19.5 Å². The summed E-state index contributed by atoms with van der Waals surface area (Å²) in [5, 5.41) is 11.5. The number of hydrogen-bond donors (Lipinski definition) is 2. The van der Waals surface area contributed by atoms with Gasteiger partial charge in [0.2, 0.25) is 0 Å². The first kappa shape index (κ1) is 25.7. The van der Waals surface area contributed by atoms with E-state index in [0.29, 0.717) is 17.8 Å². The predicted molar refractivity (Wildman–Crippen MR) is 133 cm³/mol. The molecule has 0 radical (unpaired) electrons. The van der Waals surface area contributed by atoms with Gasteiger partial charge in [0.05, 0.1) is 12.9 Å². The Balaban J connectivity index is 1.77. The van der Waals surface area contributed by atoms with E-state index < -0.39 is 41.7 Å². The van der Waals surface area contributed by atoms with Crippen LogP contribution < -0.4 is 5.73 Å². The summed E-state index contributed by atoms with van der Waals surface area (Å²) >= 11 is 0. The van der Waals surface area contributed by atoms with Crippen molar-refractivity contribution in [3.8, 4) is 0 Å². The first-order valence-corrected chi connectivity index (χ1v) is 16.2. The second kappa shape index (κ2) is 9.23. The lowest BCUT2D eigenvalue weighted by Gasteiger charge is -2.51. The number of aliphatic hydroxyl groups excluding tert-OH is 1. The zero-order valence-corrected chi connectivity index (χ0v) is 23.4. The first-order chi connectivity index (χ1) is 15.9. The van der Waals surface area contributed by atoms with Crippen molar-refractivity contribution in [1.29, 1.82) is 0 Å². The molecule has 0 amide bonds. The topological polar surface area (TPSA) is 127 Å². The fraction of sp³-hybridized carbons (Fsp3) is 0.773. The number of ether oxygens (including phenoxy) is 1. The fourth-order valence-electron chi connectivity index (χ4n) is 5.42. The number of hydrogen-bond acceptors (Lipinski definition) is 9. The molecule has 0 aliphatic carbocycles. The van der Waals surface area contributed by atoms with Crippen molar-refractivity contribution in [2.75, 3.05) is 12.3 Å². The first-order valence-electron chi connectivity index (χ1n) is 12.2. The van der Waals surface area contributed by atoms with Crippen LogP contribution in [-0.4, -0.2) is 66.7 Å². The molecule has 4 heterocycles. The molecule has 2 aromatic rings. The molecule has 2 unspecified atom stereocenters. The van der Waals surface area contributed by atoms with E-state index in [4.69, 9.17) is 23.4 Å². The second-order valence-corrected chi connectivity index (χ2v) is 19.5. The Morgan fingerprint density at radius 1 is 0.971 bits per heavy atom. The van der Waals surface area contributed by atoms with E-state index >= 15 is 0 Å². The molecule has 2 fully saturated rings. The smallest absolute Gasteiger partial charge is 0.335 e. The minimum atomic E-state index is -2.86. The molecule has 190 valence electrons. The summed E-state index contributed by atoms with van der Waals surface area (Å²) in [7, 11) is -5.54. The Labute approximate surface area is 203 Å². The summed E-state index contributed by atoms with van der Waals surface area (Å²) in [6.07, 6.45) is 0.225. The average Bonchev–Trinajstić information content (AvgIpc) is 3.29. The highest BCUT2D eigenvalue weighted by atomic mass is 28.5. The number of aromatic nitrogens is 4. The summed E-state index contributed by atoms with van der Waals surface area (Å²) in [4.78, 5) is 12.7. The zero-order chi connectivity index (χ0) is 25.0. The molecule has 12 heteroatoms. The average molecular weight is 510 g/mol. The highest BCUT2D eigenvalue weighted by molar-refractivity contribution is 6.83. The van der Waals surface area contributed by atoms with Crippen molar-refractivity contribution >= 4 is 34.1 Å². The number of fused-ring (bicyclic) bond motifs is 2. The molecule has 2 aliphatic heterocycles. The quantitative estimate of drug-likeness (QED) is 0.581. The molecule has 10 nitrogen and oxygen atoms in total. The fourth-order valence-corrected chi connectivity index (χ4v) is 16.6. The highest BCUT2D eigenvalue weighted by Gasteiger charge is 2.61. The maximum Gasteiger partial charge on any atom is 0.335 e. The van der Waals surface area contributed by atoms with E-state index in [1.54, 1.807) is 10.9 Å². The van der Waals surface area contributed by atoms with Crippen LogP contribution in [0.2, 0.25) is 22.2 Å². The van der Waals surface area contributed by atoms with Crippen LogP contribution in [0, 0.1) is 0 Å². The minimum Gasteiger partial charge on any atom is -0.414 e. The van der Waals surface area contributed by atoms with Gasteiger partial charge in [0, 0.05) is 0 Å². The monoisotopic (exact) mass is 509 g/mol. The van der Waals surface area contributed by atoms with Crippen molar-refractivity contribution in [2.45, 2.75) is 102 Å². The van der Waals surface area contributed by atoms with E-state index in [9.17, 15) is 5.11 Å². The molecule has 0 saturated carbocycles. The standard InChI is InChI=1S/C22H39N5O5Si2/c1-12(2)33(13(3)4)29-9-16-19(31-34(32-33,14(5)6)15(7)8)18(28)22(30-16)27-11-26-17-20(23)24-10-25-21(17)27/h10-16,18-19,22,28H,9H2,1-8H3,(H2,23,24,25)/t16-,18?,19?,22+/m1/s1. The van der Waals surface area contributed by atoms with Gasteiger partial charge in [-0.05, 0) is 22.2 Å². The van der Waals surface area contributed by atoms with Gasteiger partial charge in [-0.15, -0.1) is 0 Å². The SMILES string of the molecule is CC(C)[Si]1(C(C)C)OC[C@H]2O[C@H](n3cnc4c(N)ncnc43)C(O)C2O[Si](C(C)C)(C(C)C)O1. The molecule has 4 atom stereocenters. The van der Waals surface area contributed by atoms with Gasteiger partial charge in [0.25, 0.3) is 0 Å². The number of aliphatic hydroxyl groups is 1. The maximum atomic E-state index is 11.5. The normalized spacial score (nSPS) is 29.2. The van der Waals surface area contributed by atoms with Crippen LogP contribution in [0.25, 0.3) is 11.2 Å². The van der Waals surface area contributed by atoms with Crippen LogP contribution in [-0.2, 0) is 17.7 Å². The van der Waals surface area contributed by atoms with Crippen LogP contribution in [0.5, 0.6) is 0 Å². The molecular formula is C22H39N5O5Si2. The van der Waals surface area contributed by atoms with Gasteiger partial charge in [-0.2, -0.15) is 0 Å². The Bertz CT molecular complexity index is 1000. The molecule has 34 heavy (non-hydrogen) atoms. The van der Waals surface area contributed by atoms with Gasteiger partial charge < -0.3 is 28.5 Å². The molecule has 3 N–H and O–H groups in total. The molecular weight excluding hydrogens is 470 g/mol. The van der Waals surface area contributed by atoms with E-state index in [2.05, 4.69) is 70.3 Å². The minimum absolute atomic E-state index is 0.159. The van der Waals surface area contributed by atoms with Crippen LogP contribution in [0.15, 0.2) is 12.7 Å². The Morgan fingerprint density at radius 3 is 2.18 bits per heavy atom. The Morgan fingerprint density at radius 2 is 1.59 bits per heavy atom. The van der Waals surface area contributed by atoms with Gasteiger partial charge >= 0.3 is 17.1 Å². The number of imidazole rings is 1. The number of anilines is 1. The van der Waals surface area contributed by atoms with E-state index in [1.807, 2.05) is 0 Å². The molecule has 0 spiro atoms. The third-order valence-corrected chi connectivity index (χ3v) is 17.6. The third kappa shape index (κ3) is 3.92. The van der Waals surface area contributed by atoms with Crippen molar-refractivity contribution in [3.63, 3.8) is 0 Å². The van der Waals surface area contributed by atoms with Gasteiger partial charge in [0.1, 0.15) is 30.2 Å². The second-order valence-electron chi connectivity index (χ2n) is 10.7. The molecule has 0 aromatic carbocycles. The van der Waals surface area contributed by atoms with Crippen LogP contribution in [0.1, 0.15) is 61.6 Å². The van der Waals surface area contributed by atoms with Gasteiger partial charge in [-0.1, -0.05) is 55.4 Å². The molecule has 4 rings (SSSR count). The van der Waals surface area contributed by atoms with Crippen molar-refractivity contribution in [2.24, 2.45) is 0 Å². The highest BCUT2D eigenvalue weighted by Crippen LogP contribution is 2.48.